The van der Waals surface area contributed by atoms with E-state index in [4.69, 9.17) is 5.73 Å². The highest BCUT2D eigenvalue weighted by atomic mass is 14.7. The van der Waals surface area contributed by atoms with E-state index in [-0.39, 0.29) is 0 Å². The van der Waals surface area contributed by atoms with Gasteiger partial charge in [0.05, 0.1) is 0 Å². The molecule has 1 nitrogen and oxygen atoms in total. The largest absolute Gasteiger partial charge is 0.328 e. The standard InChI is InChI=1S/C7H13N.C2H6/c8-6-4-7(5-6)2-1-3-7;1-2/h6H,1-5,8H2;1-2H3. The van der Waals surface area contributed by atoms with Gasteiger partial charge in [-0.05, 0) is 31.1 Å². The average Bonchev–Trinajstić information content (AvgIpc) is 1.82. The first-order valence-corrected chi connectivity index (χ1v) is 4.56. The van der Waals surface area contributed by atoms with E-state index in [2.05, 4.69) is 0 Å². The van der Waals surface area contributed by atoms with Crippen LogP contribution in [0, 0.1) is 5.41 Å². The first kappa shape index (κ1) is 8.06. The molecule has 0 radical (unpaired) electrons. The molecule has 0 aliphatic heterocycles. The van der Waals surface area contributed by atoms with Crippen molar-refractivity contribution in [3.63, 3.8) is 0 Å². The highest BCUT2D eigenvalue weighted by Crippen LogP contribution is 2.54. The molecular formula is C9H19N. The van der Waals surface area contributed by atoms with E-state index in [0.717, 1.165) is 5.41 Å². The minimum Gasteiger partial charge on any atom is -0.328 e. The number of hydrogen-bond acceptors (Lipinski definition) is 1. The molecule has 0 unspecified atom stereocenters. The summed E-state index contributed by atoms with van der Waals surface area (Å²) in [5, 5.41) is 0. The van der Waals surface area contributed by atoms with Gasteiger partial charge in [0.1, 0.15) is 0 Å². The van der Waals surface area contributed by atoms with Crippen LogP contribution in [0.2, 0.25) is 0 Å². The van der Waals surface area contributed by atoms with Crippen LogP contribution in [0.25, 0.3) is 0 Å². The molecule has 2 rings (SSSR count). The van der Waals surface area contributed by atoms with Gasteiger partial charge in [-0.15, -0.1) is 0 Å². The molecule has 0 bridgehead atoms. The maximum Gasteiger partial charge on any atom is 0.00494 e. The summed E-state index contributed by atoms with van der Waals surface area (Å²) in [7, 11) is 0. The highest BCUT2D eigenvalue weighted by molar-refractivity contribution is 5.00. The van der Waals surface area contributed by atoms with Crippen LogP contribution in [0.15, 0.2) is 0 Å². The molecule has 0 saturated heterocycles. The summed E-state index contributed by atoms with van der Waals surface area (Å²) >= 11 is 0. The van der Waals surface area contributed by atoms with Crippen molar-refractivity contribution in [2.45, 2.75) is 52.0 Å². The quantitative estimate of drug-likeness (QED) is 0.550. The van der Waals surface area contributed by atoms with E-state index < -0.39 is 0 Å². The van der Waals surface area contributed by atoms with Crippen molar-refractivity contribution in [3.8, 4) is 0 Å². The highest BCUT2D eigenvalue weighted by Gasteiger charge is 2.46. The Morgan fingerprint density at radius 1 is 1.20 bits per heavy atom. The fourth-order valence-corrected chi connectivity index (χ4v) is 2.14. The molecule has 0 heterocycles. The summed E-state index contributed by atoms with van der Waals surface area (Å²) in [5.74, 6) is 0. The van der Waals surface area contributed by atoms with Crippen molar-refractivity contribution in [1.82, 2.24) is 0 Å². The van der Waals surface area contributed by atoms with Gasteiger partial charge in [0.2, 0.25) is 0 Å². The molecule has 0 amide bonds. The molecule has 0 aromatic carbocycles. The van der Waals surface area contributed by atoms with Crippen LogP contribution in [-0.4, -0.2) is 6.04 Å². The van der Waals surface area contributed by atoms with E-state index in [1.807, 2.05) is 13.8 Å². The molecule has 2 aliphatic carbocycles. The maximum atomic E-state index is 5.66. The van der Waals surface area contributed by atoms with Gasteiger partial charge in [-0.3, -0.25) is 0 Å². The van der Waals surface area contributed by atoms with Crippen LogP contribution in [0.1, 0.15) is 46.0 Å². The number of hydrogen-bond donors (Lipinski definition) is 1. The van der Waals surface area contributed by atoms with Crippen LogP contribution < -0.4 is 5.73 Å². The lowest BCUT2D eigenvalue weighted by molar-refractivity contribution is 0.0121. The van der Waals surface area contributed by atoms with E-state index in [0.29, 0.717) is 6.04 Å². The predicted molar refractivity (Wildman–Crippen MR) is 44.8 cm³/mol. The Labute approximate surface area is 64.0 Å². The van der Waals surface area contributed by atoms with E-state index in [1.165, 1.54) is 32.1 Å². The lowest BCUT2D eigenvalue weighted by Crippen LogP contribution is -2.49. The predicted octanol–water partition coefficient (Wildman–Crippen LogP) is 2.30. The van der Waals surface area contributed by atoms with Crippen LogP contribution in [0.5, 0.6) is 0 Å². The smallest absolute Gasteiger partial charge is 0.00494 e. The summed E-state index contributed by atoms with van der Waals surface area (Å²) in [6, 6.07) is 0.565. The Hall–Kier alpha value is -0.0400. The van der Waals surface area contributed by atoms with Crippen molar-refractivity contribution in [2.75, 3.05) is 0 Å². The number of rotatable bonds is 0. The zero-order valence-corrected chi connectivity index (χ0v) is 7.19. The summed E-state index contributed by atoms with van der Waals surface area (Å²) in [6.07, 6.45) is 7.06. The van der Waals surface area contributed by atoms with Crippen molar-refractivity contribution >= 4 is 0 Å². The third-order valence-corrected chi connectivity index (χ3v) is 2.80. The third-order valence-electron chi connectivity index (χ3n) is 2.80. The number of nitrogens with two attached hydrogens (primary N) is 1. The Kier molecular flexibility index (Phi) is 2.35. The summed E-state index contributed by atoms with van der Waals surface area (Å²) in [5.41, 5.74) is 6.45. The van der Waals surface area contributed by atoms with Gasteiger partial charge in [-0.2, -0.15) is 0 Å². The van der Waals surface area contributed by atoms with Gasteiger partial charge in [-0.25, -0.2) is 0 Å². The van der Waals surface area contributed by atoms with Crippen molar-refractivity contribution in [1.29, 1.82) is 0 Å². The molecule has 0 atom stereocenters. The van der Waals surface area contributed by atoms with Crippen molar-refractivity contribution in [3.05, 3.63) is 0 Å². The Morgan fingerprint density at radius 3 is 1.80 bits per heavy atom. The monoisotopic (exact) mass is 141 g/mol. The van der Waals surface area contributed by atoms with E-state index in [1.54, 1.807) is 0 Å². The van der Waals surface area contributed by atoms with Gasteiger partial charge in [0.15, 0.2) is 0 Å². The minimum absolute atomic E-state index is 0.565. The molecule has 0 aromatic heterocycles. The molecule has 2 N–H and O–H groups in total. The van der Waals surface area contributed by atoms with Gasteiger partial charge in [0.25, 0.3) is 0 Å². The summed E-state index contributed by atoms with van der Waals surface area (Å²) in [6.45, 7) is 4.00. The SMILES string of the molecule is CC.NC1CC2(CCC2)C1. The van der Waals surface area contributed by atoms with Gasteiger partial charge >= 0.3 is 0 Å². The van der Waals surface area contributed by atoms with E-state index in [9.17, 15) is 0 Å². The van der Waals surface area contributed by atoms with Crippen LogP contribution in [0.4, 0.5) is 0 Å². The van der Waals surface area contributed by atoms with Gasteiger partial charge in [0, 0.05) is 6.04 Å². The zero-order chi connectivity index (χ0) is 7.61. The summed E-state index contributed by atoms with van der Waals surface area (Å²) < 4.78 is 0. The molecule has 2 saturated carbocycles. The molecule has 2 aliphatic rings. The molecule has 1 heteroatoms. The Bertz CT molecular complexity index is 97.3. The molecule has 60 valence electrons. The summed E-state index contributed by atoms with van der Waals surface area (Å²) in [4.78, 5) is 0. The van der Waals surface area contributed by atoms with Crippen molar-refractivity contribution in [2.24, 2.45) is 11.1 Å². The second-order valence-electron chi connectivity index (χ2n) is 3.52. The second kappa shape index (κ2) is 2.91. The molecule has 10 heavy (non-hydrogen) atoms. The molecule has 2 fully saturated rings. The zero-order valence-electron chi connectivity index (χ0n) is 7.19. The average molecular weight is 141 g/mol. The van der Waals surface area contributed by atoms with Crippen LogP contribution >= 0.6 is 0 Å². The second-order valence-corrected chi connectivity index (χ2v) is 3.52. The minimum atomic E-state index is 0.565. The van der Waals surface area contributed by atoms with Crippen LogP contribution in [0.3, 0.4) is 0 Å². The molecule has 1 spiro atoms. The molecule has 0 aromatic rings. The fourth-order valence-electron chi connectivity index (χ4n) is 2.14. The van der Waals surface area contributed by atoms with Crippen molar-refractivity contribution < 1.29 is 0 Å². The molecular weight excluding hydrogens is 122 g/mol. The maximum absolute atomic E-state index is 5.66. The normalized spacial score (nSPS) is 27.9. The Balaban J connectivity index is 0.000000231. The lowest BCUT2D eigenvalue weighted by Gasteiger charge is -2.53. The van der Waals surface area contributed by atoms with Gasteiger partial charge < -0.3 is 5.73 Å². The first-order valence-electron chi connectivity index (χ1n) is 4.56. The lowest BCUT2D eigenvalue weighted by atomic mass is 9.54. The fraction of sp³-hybridized carbons (Fsp3) is 1.00. The first-order chi connectivity index (χ1) is 4.81. The van der Waals surface area contributed by atoms with E-state index >= 15 is 0 Å². The third kappa shape index (κ3) is 1.20. The Morgan fingerprint density at radius 2 is 1.70 bits per heavy atom. The van der Waals surface area contributed by atoms with Crippen LogP contribution in [-0.2, 0) is 0 Å². The van der Waals surface area contributed by atoms with Gasteiger partial charge in [-0.1, -0.05) is 20.3 Å². The topological polar surface area (TPSA) is 26.0 Å².